The first-order chi connectivity index (χ1) is 9.04. The Hall–Kier alpha value is -3.14. The Bertz CT molecular complexity index is 616. The molecule has 0 aliphatic rings. The van der Waals surface area contributed by atoms with Crippen LogP contribution in [0.25, 0.3) is 6.08 Å². The normalized spacial score (nSPS) is 11.8. The van der Waals surface area contributed by atoms with E-state index in [9.17, 15) is 14.9 Å². The van der Waals surface area contributed by atoms with Crippen molar-refractivity contribution in [3.8, 4) is 6.07 Å². The van der Waals surface area contributed by atoms with E-state index in [1.807, 2.05) is 0 Å². The molecule has 0 radical (unpaired) electrons. The number of hydrogen-bond acceptors (Lipinski definition) is 5. The molecule has 0 aromatic carbocycles. The van der Waals surface area contributed by atoms with E-state index in [4.69, 9.17) is 14.8 Å². The lowest BCUT2D eigenvalue weighted by molar-refractivity contribution is -0.402. The van der Waals surface area contributed by atoms with Gasteiger partial charge in [-0.3, -0.25) is 10.1 Å². The lowest BCUT2D eigenvalue weighted by Gasteiger charge is -1.84. The molecular formula is C12H8N2O5. The van der Waals surface area contributed by atoms with Gasteiger partial charge in [0, 0.05) is 0 Å². The third-order valence-corrected chi connectivity index (χ3v) is 1.89. The Balaban J connectivity index is 2.66. The van der Waals surface area contributed by atoms with Crippen LogP contribution >= 0.6 is 0 Å². The lowest BCUT2D eigenvalue weighted by atomic mass is 10.2. The Kier molecular flexibility index (Phi) is 4.81. The molecule has 7 nitrogen and oxygen atoms in total. The molecule has 0 spiro atoms. The average molecular weight is 260 g/mol. The maximum absolute atomic E-state index is 10.5. The SMILES string of the molecule is N#C\C(=C/C=C/C=C/c1ccc([N+](=O)[O-])o1)C(=O)O. The minimum atomic E-state index is -1.31. The zero-order chi connectivity index (χ0) is 14.3. The van der Waals surface area contributed by atoms with Gasteiger partial charge in [0.2, 0.25) is 0 Å². The number of carboxylic acid groups (broad SMARTS) is 1. The summed E-state index contributed by atoms with van der Waals surface area (Å²) >= 11 is 0. The van der Waals surface area contributed by atoms with Gasteiger partial charge in [-0.1, -0.05) is 18.2 Å². The van der Waals surface area contributed by atoms with E-state index in [1.165, 1.54) is 42.5 Å². The van der Waals surface area contributed by atoms with Gasteiger partial charge in [-0.2, -0.15) is 5.26 Å². The summed E-state index contributed by atoms with van der Waals surface area (Å²) in [6, 6.07) is 4.17. The summed E-state index contributed by atoms with van der Waals surface area (Å²) in [5, 5.41) is 27.3. The molecule has 0 unspecified atom stereocenters. The molecule has 1 N–H and O–H groups in total. The summed E-state index contributed by atoms with van der Waals surface area (Å²) in [5.41, 5.74) is -0.390. The molecule has 7 heteroatoms. The van der Waals surface area contributed by atoms with Crippen LogP contribution in [0, 0.1) is 21.4 Å². The first-order valence-electron chi connectivity index (χ1n) is 4.97. The number of nitrogens with zero attached hydrogens (tertiary/aromatic N) is 2. The molecule has 0 fully saturated rings. The van der Waals surface area contributed by atoms with E-state index in [2.05, 4.69) is 0 Å². The highest BCUT2D eigenvalue weighted by Crippen LogP contribution is 2.16. The van der Waals surface area contributed by atoms with Gasteiger partial charge < -0.3 is 9.52 Å². The summed E-state index contributed by atoms with van der Waals surface area (Å²) in [6.45, 7) is 0. The van der Waals surface area contributed by atoms with Crippen LogP contribution in [0.4, 0.5) is 5.88 Å². The third kappa shape index (κ3) is 4.32. The standard InChI is InChI=1S/C12H8N2O5/c13-8-9(12(15)16)4-2-1-3-5-10-6-7-11(19-10)14(17)18/h1-7H,(H,15,16)/b2-1+,5-3+,9-4+. The number of furan rings is 1. The zero-order valence-corrected chi connectivity index (χ0v) is 9.52. The van der Waals surface area contributed by atoms with Crippen LogP contribution in [0.5, 0.6) is 0 Å². The fourth-order valence-electron chi connectivity index (χ4n) is 1.05. The number of aliphatic carboxylic acids is 1. The van der Waals surface area contributed by atoms with Crippen molar-refractivity contribution in [2.24, 2.45) is 0 Å². The maximum Gasteiger partial charge on any atom is 0.433 e. The van der Waals surface area contributed by atoms with E-state index in [1.54, 1.807) is 0 Å². The predicted molar refractivity (Wildman–Crippen MR) is 64.9 cm³/mol. The fraction of sp³-hybridized carbons (Fsp3) is 0. The number of allylic oxidation sites excluding steroid dienone is 4. The second-order valence-electron chi connectivity index (χ2n) is 3.17. The van der Waals surface area contributed by atoms with Crippen molar-refractivity contribution in [2.75, 3.05) is 0 Å². The van der Waals surface area contributed by atoms with Gasteiger partial charge in [0.1, 0.15) is 22.3 Å². The lowest BCUT2D eigenvalue weighted by Crippen LogP contribution is -1.96. The molecule has 0 bridgehead atoms. The molecule has 0 saturated heterocycles. The van der Waals surface area contributed by atoms with Gasteiger partial charge >= 0.3 is 11.9 Å². The van der Waals surface area contributed by atoms with Crippen LogP contribution in [0.3, 0.4) is 0 Å². The molecule has 1 aromatic heterocycles. The summed E-state index contributed by atoms with van der Waals surface area (Å²) in [6.07, 6.45) is 6.92. The number of hydrogen-bond donors (Lipinski definition) is 1. The topological polar surface area (TPSA) is 117 Å². The molecule has 0 aliphatic carbocycles. The van der Waals surface area contributed by atoms with Crippen LogP contribution in [-0.4, -0.2) is 16.0 Å². The van der Waals surface area contributed by atoms with Crippen LogP contribution in [-0.2, 0) is 4.79 Å². The number of rotatable bonds is 5. The minimum absolute atomic E-state index is 0.291. The number of carbonyl (C=O) groups is 1. The summed E-state index contributed by atoms with van der Waals surface area (Å²) in [7, 11) is 0. The molecule has 1 aromatic rings. The van der Waals surface area contributed by atoms with Crippen molar-refractivity contribution in [2.45, 2.75) is 0 Å². The van der Waals surface area contributed by atoms with Crippen LogP contribution in [0.1, 0.15) is 5.76 Å². The van der Waals surface area contributed by atoms with E-state index in [0.29, 0.717) is 5.76 Å². The van der Waals surface area contributed by atoms with E-state index >= 15 is 0 Å². The van der Waals surface area contributed by atoms with E-state index in [-0.39, 0.29) is 5.88 Å². The first-order valence-corrected chi connectivity index (χ1v) is 4.97. The van der Waals surface area contributed by atoms with Gasteiger partial charge in [0.25, 0.3) is 0 Å². The second-order valence-corrected chi connectivity index (χ2v) is 3.17. The number of nitriles is 1. The average Bonchev–Trinajstić information content (AvgIpc) is 2.82. The molecule has 0 aliphatic heterocycles. The van der Waals surface area contributed by atoms with E-state index in [0.717, 1.165) is 6.08 Å². The zero-order valence-electron chi connectivity index (χ0n) is 9.52. The molecule has 1 rings (SSSR count). The second kappa shape index (κ2) is 6.56. The van der Waals surface area contributed by atoms with Crippen molar-refractivity contribution in [1.82, 2.24) is 0 Å². The highest BCUT2D eigenvalue weighted by atomic mass is 16.6. The molecule has 0 amide bonds. The molecule has 19 heavy (non-hydrogen) atoms. The van der Waals surface area contributed by atoms with Gasteiger partial charge in [0.05, 0.1) is 6.07 Å². The van der Waals surface area contributed by atoms with Gasteiger partial charge in [0.15, 0.2) is 0 Å². The van der Waals surface area contributed by atoms with Crippen molar-refractivity contribution in [1.29, 1.82) is 5.26 Å². The van der Waals surface area contributed by atoms with Crippen LogP contribution in [0.15, 0.2) is 46.4 Å². The number of carboxylic acids is 1. The minimum Gasteiger partial charge on any atom is -0.477 e. The van der Waals surface area contributed by atoms with Gasteiger partial charge in [-0.25, -0.2) is 4.79 Å². The molecule has 96 valence electrons. The molecule has 1 heterocycles. The monoisotopic (exact) mass is 260 g/mol. The van der Waals surface area contributed by atoms with Crippen molar-refractivity contribution >= 4 is 17.9 Å². The smallest absolute Gasteiger partial charge is 0.433 e. The highest BCUT2D eigenvalue weighted by Gasteiger charge is 2.09. The summed E-state index contributed by atoms with van der Waals surface area (Å²) < 4.78 is 4.85. The molecular weight excluding hydrogens is 252 g/mol. The predicted octanol–water partition coefficient (Wildman–Crippen LogP) is 2.29. The molecule has 0 saturated carbocycles. The summed E-state index contributed by atoms with van der Waals surface area (Å²) in [4.78, 5) is 20.2. The van der Waals surface area contributed by atoms with E-state index < -0.39 is 16.5 Å². The van der Waals surface area contributed by atoms with Crippen molar-refractivity contribution < 1.29 is 19.2 Å². The van der Waals surface area contributed by atoms with Crippen molar-refractivity contribution in [3.05, 3.63) is 57.9 Å². The Morgan fingerprint density at radius 3 is 2.68 bits per heavy atom. The number of nitro groups is 1. The van der Waals surface area contributed by atoms with Gasteiger partial charge in [-0.15, -0.1) is 0 Å². The largest absolute Gasteiger partial charge is 0.477 e. The Morgan fingerprint density at radius 2 is 2.16 bits per heavy atom. The quantitative estimate of drug-likeness (QED) is 0.285. The Morgan fingerprint density at radius 1 is 1.42 bits per heavy atom. The maximum atomic E-state index is 10.5. The van der Waals surface area contributed by atoms with Gasteiger partial charge in [-0.05, 0) is 18.2 Å². The van der Waals surface area contributed by atoms with Crippen LogP contribution in [0.2, 0.25) is 0 Å². The summed E-state index contributed by atoms with van der Waals surface area (Å²) in [5.74, 6) is -1.38. The van der Waals surface area contributed by atoms with Crippen LogP contribution < -0.4 is 0 Å². The fourth-order valence-corrected chi connectivity index (χ4v) is 1.05. The first kappa shape index (κ1) is 13.9. The Labute approximate surface area is 107 Å². The highest BCUT2D eigenvalue weighted by molar-refractivity contribution is 5.91. The third-order valence-electron chi connectivity index (χ3n) is 1.89. The molecule has 0 atom stereocenters. The van der Waals surface area contributed by atoms with Crippen molar-refractivity contribution in [3.63, 3.8) is 0 Å².